The monoisotopic (exact) mass is 255 g/mol. The van der Waals surface area contributed by atoms with E-state index in [4.69, 9.17) is 0 Å². The highest BCUT2D eigenvalue weighted by atomic mass is 16.3. The van der Waals surface area contributed by atoms with Crippen LogP contribution in [0.2, 0.25) is 0 Å². The lowest BCUT2D eigenvalue weighted by molar-refractivity contribution is 0.220. The predicted octanol–water partition coefficient (Wildman–Crippen LogP) is 3.77. The number of hydrogen-bond donors (Lipinski definition) is 1. The molecule has 1 atom stereocenters. The third-order valence-electron chi connectivity index (χ3n) is 3.34. The Kier molecular flexibility index (Phi) is 3.72. The molecule has 0 fully saturated rings. The minimum atomic E-state index is -0.609. The first-order valence-corrected chi connectivity index (χ1v) is 6.59. The molecule has 0 spiro atoms. The van der Waals surface area contributed by atoms with Crippen molar-refractivity contribution in [3.8, 4) is 0 Å². The first-order valence-electron chi connectivity index (χ1n) is 6.59. The molecule has 1 aromatic heterocycles. The Morgan fingerprint density at radius 3 is 2.00 bits per heavy atom. The Balaban J connectivity index is 2.25. The van der Waals surface area contributed by atoms with E-state index in [2.05, 4.69) is 37.9 Å². The lowest BCUT2D eigenvalue weighted by Crippen LogP contribution is -2.11. The minimum absolute atomic E-state index is 0.134. The minimum Gasteiger partial charge on any atom is -0.384 e. The Morgan fingerprint density at radius 2 is 1.53 bits per heavy atom. The van der Waals surface area contributed by atoms with Gasteiger partial charge in [0.05, 0.1) is 0 Å². The summed E-state index contributed by atoms with van der Waals surface area (Å²) in [6.45, 7) is 8.49. The van der Waals surface area contributed by atoms with Gasteiger partial charge in [0.1, 0.15) is 6.10 Å². The molecule has 0 saturated heterocycles. The number of rotatable bonds is 2. The number of aliphatic hydroxyl groups excluding tert-OH is 1. The molecule has 1 heterocycles. The van der Waals surface area contributed by atoms with Crippen molar-refractivity contribution in [3.05, 3.63) is 65.0 Å². The highest BCUT2D eigenvalue weighted by Crippen LogP contribution is 2.26. The average Bonchev–Trinajstić information content (AvgIpc) is 2.38. The number of pyridine rings is 1. The summed E-state index contributed by atoms with van der Waals surface area (Å²) in [6, 6.07) is 12.0. The van der Waals surface area contributed by atoms with Crippen molar-refractivity contribution in [3.63, 3.8) is 0 Å². The number of aromatic nitrogens is 1. The molecule has 0 aliphatic carbocycles. The van der Waals surface area contributed by atoms with Crippen LogP contribution in [0.15, 0.2) is 42.6 Å². The molecule has 0 amide bonds. The van der Waals surface area contributed by atoms with Gasteiger partial charge in [-0.1, -0.05) is 51.1 Å². The molecule has 0 aliphatic heterocycles. The molecule has 0 saturated carbocycles. The maximum absolute atomic E-state index is 10.3. The zero-order chi connectivity index (χ0) is 14.0. The van der Waals surface area contributed by atoms with Crippen LogP contribution in [-0.4, -0.2) is 10.1 Å². The van der Waals surface area contributed by atoms with Crippen LogP contribution in [0.4, 0.5) is 0 Å². The fourth-order valence-corrected chi connectivity index (χ4v) is 2.00. The van der Waals surface area contributed by atoms with Gasteiger partial charge < -0.3 is 5.11 Å². The van der Waals surface area contributed by atoms with E-state index in [1.807, 2.05) is 31.2 Å². The van der Waals surface area contributed by atoms with E-state index in [1.54, 1.807) is 6.20 Å². The second kappa shape index (κ2) is 5.14. The van der Waals surface area contributed by atoms with Crippen LogP contribution in [0.5, 0.6) is 0 Å². The number of benzene rings is 1. The largest absolute Gasteiger partial charge is 0.384 e. The van der Waals surface area contributed by atoms with Gasteiger partial charge in [0.15, 0.2) is 0 Å². The summed E-state index contributed by atoms with van der Waals surface area (Å²) < 4.78 is 0. The van der Waals surface area contributed by atoms with Gasteiger partial charge in [0.2, 0.25) is 0 Å². The summed E-state index contributed by atoms with van der Waals surface area (Å²) in [5, 5.41) is 10.3. The number of aryl methyl sites for hydroxylation is 1. The van der Waals surface area contributed by atoms with Crippen molar-refractivity contribution in [1.29, 1.82) is 0 Å². The summed E-state index contributed by atoms with van der Waals surface area (Å²) in [7, 11) is 0. The highest BCUT2D eigenvalue weighted by molar-refractivity contribution is 5.33. The van der Waals surface area contributed by atoms with E-state index >= 15 is 0 Å². The quantitative estimate of drug-likeness (QED) is 0.886. The Bertz CT molecular complexity index is 535. The molecule has 19 heavy (non-hydrogen) atoms. The van der Waals surface area contributed by atoms with E-state index in [0.717, 1.165) is 16.8 Å². The van der Waals surface area contributed by atoms with E-state index in [1.165, 1.54) is 5.56 Å². The van der Waals surface area contributed by atoms with Crippen LogP contribution in [0.3, 0.4) is 0 Å². The standard InChI is InChI=1S/C17H21NO/c1-12-5-6-14(11-18-12)16(19)13-7-9-15(10-8-13)17(2,3)4/h5-11,16,19H,1-4H3. The molecule has 2 rings (SSSR count). The molecule has 1 aromatic carbocycles. The summed E-state index contributed by atoms with van der Waals surface area (Å²) in [4.78, 5) is 4.22. The van der Waals surface area contributed by atoms with Crippen molar-refractivity contribution in [1.82, 2.24) is 4.98 Å². The Morgan fingerprint density at radius 1 is 0.947 bits per heavy atom. The van der Waals surface area contributed by atoms with Gasteiger partial charge in [0.25, 0.3) is 0 Å². The van der Waals surface area contributed by atoms with Gasteiger partial charge in [-0.25, -0.2) is 0 Å². The van der Waals surface area contributed by atoms with Crippen molar-refractivity contribution >= 4 is 0 Å². The molecule has 0 bridgehead atoms. The molecule has 1 N–H and O–H groups in total. The fourth-order valence-electron chi connectivity index (χ4n) is 2.00. The molecular weight excluding hydrogens is 234 g/mol. The first kappa shape index (κ1) is 13.8. The molecule has 0 radical (unpaired) electrons. The van der Waals surface area contributed by atoms with Gasteiger partial charge in [-0.05, 0) is 29.5 Å². The van der Waals surface area contributed by atoms with Crippen LogP contribution < -0.4 is 0 Å². The second-order valence-electron chi connectivity index (χ2n) is 6.01. The zero-order valence-electron chi connectivity index (χ0n) is 12.0. The Labute approximate surface area is 115 Å². The molecule has 1 unspecified atom stereocenters. The van der Waals surface area contributed by atoms with E-state index in [-0.39, 0.29) is 5.41 Å². The third-order valence-corrected chi connectivity index (χ3v) is 3.34. The van der Waals surface area contributed by atoms with Crippen molar-refractivity contribution < 1.29 is 5.11 Å². The SMILES string of the molecule is Cc1ccc(C(O)c2ccc(C(C)(C)C)cc2)cn1. The maximum Gasteiger partial charge on any atom is 0.106 e. The molecule has 100 valence electrons. The normalized spacial score (nSPS) is 13.3. The number of hydrogen-bond acceptors (Lipinski definition) is 2. The third kappa shape index (κ3) is 3.21. The van der Waals surface area contributed by atoms with Gasteiger partial charge in [-0.15, -0.1) is 0 Å². The summed E-state index contributed by atoms with van der Waals surface area (Å²) in [6.07, 6.45) is 1.12. The molecule has 2 heteroatoms. The molecule has 2 aromatic rings. The van der Waals surface area contributed by atoms with Gasteiger partial charge >= 0.3 is 0 Å². The van der Waals surface area contributed by atoms with E-state index in [9.17, 15) is 5.11 Å². The summed E-state index contributed by atoms with van der Waals surface area (Å²) >= 11 is 0. The van der Waals surface area contributed by atoms with Gasteiger partial charge in [-0.2, -0.15) is 0 Å². The fraction of sp³-hybridized carbons (Fsp3) is 0.353. The van der Waals surface area contributed by atoms with Crippen LogP contribution in [0.25, 0.3) is 0 Å². The maximum atomic E-state index is 10.3. The average molecular weight is 255 g/mol. The number of nitrogens with zero attached hydrogens (tertiary/aromatic N) is 1. The van der Waals surface area contributed by atoms with E-state index in [0.29, 0.717) is 0 Å². The number of aliphatic hydroxyl groups is 1. The highest BCUT2D eigenvalue weighted by Gasteiger charge is 2.15. The summed E-state index contributed by atoms with van der Waals surface area (Å²) in [5.74, 6) is 0. The zero-order valence-corrected chi connectivity index (χ0v) is 12.0. The lowest BCUT2D eigenvalue weighted by atomic mass is 9.86. The molecule has 2 nitrogen and oxygen atoms in total. The lowest BCUT2D eigenvalue weighted by Gasteiger charge is -2.20. The van der Waals surface area contributed by atoms with E-state index < -0.39 is 6.10 Å². The van der Waals surface area contributed by atoms with Crippen molar-refractivity contribution in [2.75, 3.05) is 0 Å². The Hall–Kier alpha value is -1.67. The van der Waals surface area contributed by atoms with Crippen LogP contribution >= 0.6 is 0 Å². The molecular formula is C17H21NO. The predicted molar refractivity (Wildman–Crippen MR) is 78.2 cm³/mol. The first-order chi connectivity index (χ1) is 8.88. The topological polar surface area (TPSA) is 33.1 Å². The van der Waals surface area contributed by atoms with Crippen LogP contribution in [-0.2, 0) is 5.41 Å². The van der Waals surface area contributed by atoms with Crippen LogP contribution in [0.1, 0.15) is 49.3 Å². The van der Waals surface area contributed by atoms with Crippen molar-refractivity contribution in [2.45, 2.75) is 39.2 Å². The van der Waals surface area contributed by atoms with Gasteiger partial charge in [-0.3, -0.25) is 4.98 Å². The smallest absolute Gasteiger partial charge is 0.106 e. The van der Waals surface area contributed by atoms with Crippen molar-refractivity contribution in [2.24, 2.45) is 0 Å². The van der Waals surface area contributed by atoms with Gasteiger partial charge in [0, 0.05) is 17.5 Å². The molecule has 0 aliphatic rings. The summed E-state index contributed by atoms with van der Waals surface area (Å²) in [5.41, 5.74) is 4.09. The second-order valence-corrected chi connectivity index (χ2v) is 6.01. The van der Waals surface area contributed by atoms with Crippen LogP contribution in [0, 0.1) is 6.92 Å².